The second kappa shape index (κ2) is 6.00. The molecule has 0 fully saturated rings. The van der Waals surface area contributed by atoms with Crippen molar-refractivity contribution in [1.82, 2.24) is 4.98 Å². The number of para-hydroxylation sites is 1. The summed E-state index contributed by atoms with van der Waals surface area (Å²) in [7, 11) is 0. The molecule has 2 aromatic carbocycles. The van der Waals surface area contributed by atoms with Crippen molar-refractivity contribution in [2.75, 3.05) is 0 Å². The van der Waals surface area contributed by atoms with Gasteiger partial charge in [0.1, 0.15) is 0 Å². The third-order valence-corrected chi connectivity index (χ3v) is 2.54. The molecule has 0 saturated heterocycles. The maximum absolute atomic E-state index is 4.58. The van der Waals surface area contributed by atoms with E-state index in [0.29, 0.717) is 0 Å². The molecule has 17 heavy (non-hydrogen) atoms. The van der Waals surface area contributed by atoms with Crippen molar-refractivity contribution in [3.8, 4) is 11.3 Å². The summed E-state index contributed by atoms with van der Waals surface area (Å²) in [6.45, 7) is 0. The molecule has 0 spiro atoms. The number of rotatable bonds is 1. The fraction of sp³-hybridized carbons (Fsp3) is 0. The Morgan fingerprint density at radius 3 is 2.12 bits per heavy atom. The molecule has 0 N–H and O–H groups in total. The van der Waals surface area contributed by atoms with Gasteiger partial charge >= 0.3 is 19.5 Å². The predicted octanol–water partition coefficient (Wildman–Crippen LogP) is 0.466. The van der Waals surface area contributed by atoms with Gasteiger partial charge < -0.3 is 17.4 Å². The van der Waals surface area contributed by atoms with Crippen LogP contribution in [0.2, 0.25) is 0 Å². The Hall–Kier alpha value is -1.11. The van der Waals surface area contributed by atoms with Gasteiger partial charge in [0.25, 0.3) is 0 Å². The molecule has 0 aliphatic rings. The summed E-state index contributed by atoms with van der Waals surface area (Å²) in [6.07, 6.45) is 0. The van der Waals surface area contributed by atoms with Crippen LogP contribution in [0, 0.1) is 0 Å². The summed E-state index contributed by atoms with van der Waals surface area (Å²) in [5, 5.41) is 1.20. The van der Waals surface area contributed by atoms with E-state index >= 15 is 0 Å². The first-order valence-electron chi connectivity index (χ1n) is 5.01. The van der Waals surface area contributed by atoms with Crippen LogP contribution in [0.3, 0.4) is 0 Å². The summed E-state index contributed by atoms with van der Waals surface area (Å²) in [4.78, 5) is 4.58. The average Bonchev–Trinajstić information content (AvgIpc) is 2.74. The zero-order valence-electron chi connectivity index (χ0n) is 9.31. The topological polar surface area (TPSA) is 14.1 Å². The monoisotopic (exact) mass is 291 g/mol. The first kappa shape index (κ1) is 14.0. The van der Waals surface area contributed by atoms with Crippen LogP contribution >= 0.6 is 0 Å². The SMILES string of the molecule is [Cl-].[Zn+2].c1ccc(-c2cc3ccccc3[n-]2)cc1. The van der Waals surface area contributed by atoms with Crippen molar-refractivity contribution in [3.05, 3.63) is 60.7 Å². The minimum atomic E-state index is 0. The largest absolute Gasteiger partial charge is 2.00 e. The maximum Gasteiger partial charge on any atom is 2.00 e. The van der Waals surface area contributed by atoms with E-state index in [1.807, 2.05) is 36.4 Å². The second-order valence-electron chi connectivity index (χ2n) is 3.57. The second-order valence-corrected chi connectivity index (χ2v) is 3.57. The molecule has 0 radical (unpaired) electrons. The summed E-state index contributed by atoms with van der Waals surface area (Å²) < 4.78 is 0. The summed E-state index contributed by atoms with van der Waals surface area (Å²) in [5.74, 6) is 0. The van der Waals surface area contributed by atoms with E-state index in [-0.39, 0.29) is 31.9 Å². The Kier molecular flexibility index (Phi) is 4.92. The Morgan fingerprint density at radius 2 is 1.41 bits per heavy atom. The molecule has 0 atom stereocenters. The fourth-order valence-electron chi connectivity index (χ4n) is 1.78. The van der Waals surface area contributed by atoms with Gasteiger partial charge in [-0.05, 0) is 10.9 Å². The van der Waals surface area contributed by atoms with Gasteiger partial charge in [-0.1, -0.05) is 60.7 Å². The minimum Gasteiger partial charge on any atom is -1.00 e. The Bertz CT molecular complexity index is 556. The van der Waals surface area contributed by atoms with Gasteiger partial charge in [0, 0.05) is 0 Å². The van der Waals surface area contributed by atoms with E-state index in [1.165, 1.54) is 10.9 Å². The van der Waals surface area contributed by atoms with Crippen LogP contribution in [-0.4, -0.2) is 0 Å². The van der Waals surface area contributed by atoms with Gasteiger partial charge in [-0.15, -0.1) is 11.2 Å². The standard InChI is InChI=1S/C14H10N.ClH.Zn/c1-2-6-11(7-3-1)14-10-12-8-4-5-9-13(12)15-14;;/h1-10H;1H;/q-1;;+2/p-1. The van der Waals surface area contributed by atoms with E-state index in [1.54, 1.807) is 0 Å². The molecular weight excluding hydrogens is 283 g/mol. The van der Waals surface area contributed by atoms with Gasteiger partial charge in [0.15, 0.2) is 0 Å². The van der Waals surface area contributed by atoms with Gasteiger partial charge in [-0.3, -0.25) is 0 Å². The van der Waals surface area contributed by atoms with E-state index in [4.69, 9.17) is 0 Å². The number of hydrogen-bond donors (Lipinski definition) is 0. The van der Waals surface area contributed by atoms with E-state index in [0.717, 1.165) is 11.2 Å². The van der Waals surface area contributed by atoms with Crippen molar-refractivity contribution in [2.24, 2.45) is 0 Å². The van der Waals surface area contributed by atoms with Gasteiger partial charge in [0.2, 0.25) is 0 Å². The van der Waals surface area contributed by atoms with Crippen LogP contribution in [0.1, 0.15) is 0 Å². The molecule has 0 bridgehead atoms. The molecule has 0 aliphatic carbocycles. The molecule has 0 saturated carbocycles. The van der Waals surface area contributed by atoms with Crippen molar-refractivity contribution in [2.45, 2.75) is 0 Å². The van der Waals surface area contributed by atoms with Crippen molar-refractivity contribution in [3.63, 3.8) is 0 Å². The number of nitrogens with zero attached hydrogens (tertiary/aromatic N) is 1. The zero-order chi connectivity index (χ0) is 10.1. The van der Waals surface area contributed by atoms with E-state index in [2.05, 4.69) is 29.2 Å². The van der Waals surface area contributed by atoms with Crippen molar-refractivity contribution < 1.29 is 31.9 Å². The van der Waals surface area contributed by atoms with Gasteiger partial charge in [-0.2, -0.15) is 0 Å². The minimum absolute atomic E-state index is 0. The summed E-state index contributed by atoms with van der Waals surface area (Å²) in [6, 6.07) is 20.6. The molecule has 1 aromatic heterocycles. The number of fused-ring (bicyclic) bond motifs is 1. The number of benzene rings is 2. The molecular formula is C14H10ClNZn. The van der Waals surface area contributed by atoms with Crippen LogP contribution in [-0.2, 0) is 19.5 Å². The molecule has 0 unspecified atom stereocenters. The van der Waals surface area contributed by atoms with Crippen LogP contribution in [0.15, 0.2) is 60.7 Å². The number of hydrogen-bond acceptors (Lipinski definition) is 0. The maximum atomic E-state index is 4.58. The predicted molar refractivity (Wildman–Crippen MR) is 62.7 cm³/mol. The van der Waals surface area contributed by atoms with E-state index < -0.39 is 0 Å². The van der Waals surface area contributed by atoms with Crippen LogP contribution in [0.25, 0.3) is 22.2 Å². The Morgan fingerprint density at radius 1 is 0.765 bits per heavy atom. The molecule has 3 aromatic rings. The first-order valence-corrected chi connectivity index (χ1v) is 5.01. The Balaban J connectivity index is 0.000000722. The van der Waals surface area contributed by atoms with Crippen LogP contribution in [0.5, 0.6) is 0 Å². The summed E-state index contributed by atoms with van der Waals surface area (Å²) in [5.41, 5.74) is 3.29. The normalized spacial score (nSPS) is 9.41. The third kappa shape index (κ3) is 2.77. The average molecular weight is 293 g/mol. The van der Waals surface area contributed by atoms with Crippen LogP contribution < -0.4 is 17.4 Å². The molecule has 1 nitrogen and oxygen atoms in total. The van der Waals surface area contributed by atoms with Crippen LogP contribution in [0.4, 0.5) is 0 Å². The van der Waals surface area contributed by atoms with Crippen molar-refractivity contribution in [1.29, 1.82) is 0 Å². The molecule has 1 heterocycles. The fourth-order valence-corrected chi connectivity index (χ4v) is 1.78. The first-order chi connectivity index (χ1) is 7.43. The molecule has 80 valence electrons. The Labute approximate surface area is 119 Å². The van der Waals surface area contributed by atoms with E-state index in [9.17, 15) is 0 Å². The third-order valence-electron chi connectivity index (χ3n) is 2.54. The molecule has 3 heteroatoms. The quantitative estimate of drug-likeness (QED) is 0.595. The number of aromatic nitrogens is 1. The molecule has 0 amide bonds. The van der Waals surface area contributed by atoms with Crippen molar-refractivity contribution >= 4 is 10.9 Å². The van der Waals surface area contributed by atoms with Gasteiger partial charge in [0.05, 0.1) is 0 Å². The smallest absolute Gasteiger partial charge is 1.00 e. The number of halogens is 1. The molecule has 0 aliphatic heterocycles. The molecule has 3 rings (SSSR count). The zero-order valence-corrected chi connectivity index (χ0v) is 13.0. The van der Waals surface area contributed by atoms with Gasteiger partial charge in [-0.25, -0.2) is 0 Å². The summed E-state index contributed by atoms with van der Waals surface area (Å²) >= 11 is 0.